The molecule has 0 aliphatic carbocycles. The molecule has 0 radical (unpaired) electrons. The van der Waals surface area contributed by atoms with Crippen LogP contribution in [0.2, 0.25) is 0 Å². The first-order valence-corrected chi connectivity index (χ1v) is 9.21. The predicted molar refractivity (Wildman–Crippen MR) is 88.8 cm³/mol. The first kappa shape index (κ1) is 15.6. The van der Waals surface area contributed by atoms with Crippen LogP contribution < -0.4 is 4.72 Å². The molecule has 0 fully saturated rings. The van der Waals surface area contributed by atoms with Crippen LogP contribution in [0.4, 0.5) is 5.13 Å². The van der Waals surface area contributed by atoms with Gasteiger partial charge in [0.15, 0.2) is 0 Å². The van der Waals surface area contributed by atoms with E-state index in [-0.39, 0.29) is 16.1 Å². The van der Waals surface area contributed by atoms with E-state index in [1.165, 1.54) is 23.7 Å². The summed E-state index contributed by atoms with van der Waals surface area (Å²) in [7, 11) is -3.72. The molecule has 3 rings (SSSR count). The Morgan fingerprint density at radius 1 is 1.17 bits per heavy atom. The van der Waals surface area contributed by atoms with Gasteiger partial charge in [0, 0.05) is 17.8 Å². The molecule has 2 heterocycles. The molecule has 0 saturated heterocycles. The number of benzene rings is 1. The highest BCUT2D eigenvalue weighted by Gasteiger charge is 2.19. The lowest BCUT2D eigenvalue weighted by molar-refractivity contribution is 0.531. The monoisotopic (exact) mass is 349 g/mol. The van der Waals surface area contributed by atoms with Crippen molar-refractivity contribution >= 4 is 26.5 Å². The summed E-state index contributed by atoms with van der Waals surface area (Å²) in [6.07, 6.45) is 2.81. The number of hydrogen-bond acceptors (Lipinski definition) is 6. The van der Waals surface area contributed by atoms with Crippen LogP contribution in [-0.2, 0) is 10.0 Å². The van der Waals surface area contributed by atoms with E-state index in [9.17, 15) is 8.42 Å². The zero-order valence-electron chi connectivity index (χ0n) is 12.5. The third-order valence-electron chi connectivity index (χ3n) is 3.08. The van der Waals surface area contributed by atoms with Crippen molar-refractivity contribution in [2.75, 3.05) is 4.72 Å². The molecule has 0 amide bonds. The molecule has 0 bridgehead atoms. The van der Waals surface area contributed by atoms with Crippen molar-refractivity contribution in [1.29, 1.82) is 0 Å². The molecule has 0 unspecified atom stereocenters. The molecule has 1 aromatic carbocycles. The summed E-state index contributed by atoms with van der Waals surface area (Å²) in [5, 5.41) is 12.8. The van der Waals surface area contributed by atoms with E-state index in [0.29, 0.717) is 5.01 Å². The van der Waals surface area contributed by atoms with Crippen molar-refractivity contribution in [3.63, 3.8) is 0 Å². The van der Waals surface area contributed by atoms with E-state index in [0.717, 1.165) is 5.56 Å². The Hall–Kier alpha value is -2.26. The average Bonchev–Trinajstić information content (AvgIpc) is 3.17. The first-order valence-electron chi connectivity index (χ1n) is 6.91. The van der Waals surface area contributed by atoms with E-state index in [4.69, 9.17) is 0 Å². The molecule has 1 N–H and O–H groups in total. The van der Waals surface area contributed by atoms with Crippen LogP contribution >= 0.6 is 11.3 Å². The molecule has 0 aliphatic rings. The minimum atomic E-state index is -3.72. The zero-order chi connectivity index (χ0) is 16.4. The van der Waals surface area contributed by atoms with Gasteiger partial charge in [0.2, 0.25) is 5.13 Å². The van der Waals surface area contributed by atoms with Gasteiger partial charge in [0.1, 0.15) is 9.90 Å². The molecule has 0 aliphatic heterocycles. The topological polar surface area (TPSA) is 89.8 Å². The van der Waals surface area contributed by atoms with Crippen LogP contribution in [0.3, 0.4) is 0 Å². The second kappa shape index (κ2) is 6.09. The lowest BCUT2D eigenvalue weighted by Crippen LogP contribution is -2.12. The molecule has 9 heteroatoms. The number of nitrogens with zero attached hydrogens (tertiary/aromatic N) is 4. The van der Waals surface area contributed by atoms with Gasteiger partial charge in [-0.1, -0.05) is 41.7 Å². The third-order valence-corrected chi connectivity index (χ3v) is 5.40. The van der Waals surface area contributed by atoms with Gasteiger partial charge in [0.25, 0.3) is 10.0 Å². The molecular formula is C14H15N5O2S2. The normalized spacial score (nSPS) is 11.8. The smallest absolute Gasteiger partial charge is 0.266 e. The van der Waals surface area contributed by atoms with E-state index >= 15 is 0 Å². The van der Waals surface area contributed by atoms with Crippen LogP contribution in [-0.4, -0.2) is 28.4 Å². The standard InChI is InChI=1S/C14H15N5O2S2/c1-10(2)19-9-12(8-15-19)23(20,21)18-14-17-16-13(22-14)11-6-4-3-5-7-11/h3-10H,1-2H3,(H,17,18). The van der Waals surface area contributed by atoms with Gasteiger partial charge < -0.3 is 0 Å². The molecule has 23 heavy (non-hydrogen) atoms. The number of nitrogens with one attached hydrogen (secondary N) is 1. The summed E-state index contributed by atoms with van der Waals surface area (Å²) in [6.45, 7) is 3.85. The zero-order valence-corrected chi connectivity index (χ0v) is 14.2. The number of hydrogen-bond donors (Lipinski definition) is 1. The quantitative estimate of drug-likeness (QED) is 0.765. The van der Waals surface area contributed by atoms with Gasteiger partial charge >= 0.3 is 0 Å². The lowest BCUT2D eigenvalue weighted by Gasteiger charge is -2.03. The Morgan fingerprint density at radius 3 is 2.57 bits per heavy atom. The van der Waals surface area contributed by atoms with Gasteiger partial charge in [-0.25, -0.2) is 8.42 Å². The van der Waals surface area contributed by atoms with E-state index in [1.54, 1.807) is 4.68 Å². The molecule has 0 atom stereocenters. The SMILES string of the molecule is CC(C)n1cc(S(=O)(=O)Nc2nnc(-c3ccccc3)s2)cn1. The second-order valence-corrected chi connectivity index (χ2v) is 7.79. The number of aromatic nitrogens is 4. The van der Waals surface area contributed by atoms with Crippen LogP contribution in [0.1, 0.15) is 19.9 Å². The van der Waals surface area contributed by atoms with E-state index in [2.05, 4.69) is 20.0 Å². The first-order chi connectivity index (χ1) is 11.0. The van der Waals surface area contributed by atoms with Crippen molar-refractivity contribution in [3.8, 4) is 10.6 Å². The number of anilines is 1. The van der Waals surface area contributed by atoms with Crippen LogP contribution in [0.25, 0.3) is 10.6 Å². The van der Waals surface area contributed by atoms with Crippen molar-refractivity contribution < 1.29 is 8.42 Å². The highest BCUT2D eigenvalue weighted by molar-refractivity contribution is 7.93. The minimum absolute atomic E-state index is 0.0881. The average molecular weight is 349 g/mol. The van der Waals surface area contributed by atoms with Gasteiger partial charge in [-0.3, -0.25) is 9.40 Å². The Morgan fingerprint density at radius 2 is 1.91 bits per heavy atom. The fraction of sp³-hybridized carbons (Fsp3) is 0.214. The largest absolute Gasteiger partial charge is 0.269 e. The molecule has 7 nitrogen and oxygen atoms in total. The van der Waals surface area contributed by atoms with Gasteiger partial charge in [-0.05, 0) is 13.8 Å². The molecule has 3 aromatic rings. The van der Waals surface area contributed by atoms with Crippen LogP contribution in [0, 0.1) is 0 Å². The van der Waals surface area contributed by atoms with Crippen LogP contribution in [0.5, 0.6) is 0 Å². The lowest BCUT2D eigenvalue weighted by atomic mass is 10.2. The van der Waals surface area contributed by atoms with Gasteiger partial charge in [-0.15, -0.1) is 10.2 Å². The highest BCUT2D eigenvalue weighted by Crippen LogP contribution is 2.27. The fourth-order valence-corrected chi connectivity index (χ4v) is 3.79. The minimum Gasteiger partial charge on any atom is -0.269 e. The Labute approximate surface area is 138 Å². The predicted octanol–water partition coefficient (Wildman–Crippen LogP) is 2.78. The fourth-order valence-electron chi connectivity index (χ4n) is 1.88. The maximum absolute atomic E-state index is 12.4. The Balaban J connectivity index is 1.82. The molecule has 0 saturated carbocycles. The maximum Gasteiger partial charge on any atom is 0.266 e. The second-order valence-electron chi connectivity index (χ2n) is 5.13. The summed E-state index contributed by atoms with van der Waals surface area (Å²) < 4.78 is 28.7. The molecular weight excluding hydrogens is 334 g/mol. The van der Waals surface area contributed by atoms with Gasteiger partial charge in [-0.2, -0.15) is 5.10 Å². The Kier molecular flexibility index (Phi) is 4.14. The molecule has 0 spiro atoms. The van der Waals surface area contributed by atoms with Crippen molar-refractivity contribution in [2.24, 2.45) is 0 Å². The summed E-state index contributed by atoms with van der Waals surface area (Å²) in [5.41, 5.74) is 0.892. The van der Waals surface area contributed by atoms with E-state index < -0.39 is 10.0 Å². The summed E-state index contributed by atoms with van der Waals surface area (Å²) in [5.74, 6) is 0. The summed E-state index contributed by atoms with van der Waals surface area (Å²) >= 11 is 1.18. The highest BCUT2D eigenvalue weighted by atomic mass is 32.2. The molecule has 2 aromatic heterocycles. The van der Waals surface area contributed by atoms with Crippen molar-refractivity contribution in [3.05, 3.63) is 42.7 Å². The van der Waals surface area contributed by atoms with Crippen LogP contribution in [0.15, 0.2) is 47.6 Å². The number of sulfonamides is 1. The van der Waals surface area contributed by atoms with Crippen molar-refractivity contribution in [1.82, 2.24) is 20.0 Å². The van der Waals surface area contributed by atoms with Crippen molar-refractivity contribution in [2.45, 2.75) is 24.8 Å². The maximum atomic E-state index is 12.4. The van der Waals surface area contributed by atoms with Gasteiger partial charge in [0.05, 0.1) is 6.20 Å². The molecule has 120 valence electrons. The third kappa shape index (κ3) is 3.40. The summed E-state index contributed by atoms with van der Waals surface area (Å²) in [4.78, 5) is 0.0997. The summed E-state index contributed by atoms with van der Waals surface area (Å²) in [6, 6.07) is 9.56. The van der Waals surface area contributed by atoms with E-state index in [1.807, 2.05) is 44.2 Å². The number of rotatable bonds is 5. The Bertz CT molecular complexity index is 900.